The lowest BCUT2D eigenvalue weighted by atomic mass is 9.84. The Balaban J connectivity index is 1.14. The van der Waals surface area contributed by atoms with E-state index < -0.39 is 25.3 Å². The van der Waals surface area contributed by atoms with Crippen LogP contribution in [0.5, 0.6) is 11.8 Å². The summed E-state index contributed by atoms with van der Waals surface area (Å²) in [4.78, 5) is 29.7. The minimum absolute atomic E-state index is 0.0410. The number of fused-ring (bicyclic) bond motifs is 4. The van der Waals surface area contributed by atoms with Crippen LogP contribution in [0.25, 0.3) is 32.8 Å². The topological polar surface area (TPSA) is 98.7 Å². The molecule has 1 saturated carbocycles. The minimum Gasteiger partial charge on any atom is -0.468 e. The number of halogens is 2. The maximum Gasteiger partial charge on any atom is 0.410 e. The van der Waals surface area contributed by atoms with Crippen LogP contribution in [0.4, 0.5) is 19.4 Å². The first-order chi connectivity index (χ1) is 32.3. The second kappa shape index (κ2) is 18.6. The maximum atomic E-state index is 18.1. The summed E-state index contributed by atoms with van der Waals surface area (Å²) in [5.41, 5.74) is 5.11. The zero-order chi connectivity index (χ0) is 48.3. The third kappa shape index (κ3) is 9.29. The number of benzene rings is 3. The van der Waals surface area contributed by atoms with Gasteiger partial charge in [0.1, 0.15) is 36.6 Å². The van der Waals surface area contributed by atoms with Crippen molar-refractivity contribution in [1.82, 2.24) is 19.8 Å². The molecule has 2 atom stereocenters. The highest BCUT2D eigenvalue weighted by Gasteiger charge is 2.49. The van der Waals surface area contributed by atoms with Gasteiger partial charge in [-0.1, -0.05) is 59.6 Å². The SMILES string of the molecule is COCOc1cc(-c2c(F)cc3c(N4CC5CCC(C4)N5C(=O)OC(C)(C)C)nc(OCC4(CN5CCC6(CCO6)CC5)CC4)nc3c2F)c2c(C#C[Si](C(C)C)(C(C)C)C(C)C)cccc2c1. The number of nitrogens with zero attached hydrogens (tertiary/aromatic N) is 5. The van der Waals surface area contributed by atoms with E-state index in [4.69, 9.17) is 33.7 Å². The van der Waals surface area contributed by atoms with E-state index in [1.807, 2.05) is 54.8 Å². The molecule has 0 N–H and O–H groups in total. The normalized spacial score (nSPS) is 21.2. The smallest absolute Gasteiger partial charge is 0.410 e. The van der Waals surface area contributed by atoms with Crippen LogP contribution in [-0.2, 0) is 14.2 Å². The Labute approximate surface area is 402 Å². The number of rotatable bonds is 13. The molecule has 4 aromatic rings. The monoisotopic (exact) mass is 952 g/mol. The third-order valence-electron chi connectivity index (χ3n) is 15.8. The molecular formula is C54H71F2N5O6Si. The number of carbonyl (C=O) groups excluding carboxylic acids is 1. The van der Waals surface area contributed by atoms with Crippen LogP contribution in [0, 0.1) is 28.5 Å². The quantitative estimate of drug-likeness (QED) is 0.0732. The molecule has 2 bridgehead atoms. The molecule has 0 radical (unpaired) electrons. The van der Waals surface area contributed by atoms with Gasteiger partial charge < -0.3 is 33.5 Å². The van der Waals surface area contributed by atoms with Gasteiger partial charge in [0.05, 0.1) is 36.5 Å². The molecule has 4 saturated heterocycles. The van der Waals surface area contributed by atoms with Gasteiger partial charge in [-0.15, -0.1) is 5.54 Å². The van der Waals surface area contributed by atoms with Crippen LogP contribution in [0.3, 0.4) is 0 Å². The molecule has 2 unspecified atom stereocenters. The molecule has 1 aromatic heterocycles. The molecule has 4 aliphatic heterocycles. The Bertz CT molecular complexity index is 2570. The predicted molar refractivity (Wildman–Crippen MR) is 266 cm³/mol. The predicted octanol–water partition coefficient (Wildman–Crippen LogP) is 11.3. The van der Waals surface area contributed by atoms with Gasteiger partial charge in [0.15, 0.2) is 12.6 Å². The van der Waals surface area contributed by atoms with Gasteiger partial charge in [-0.3, -0.25) is 4.90 Å². The Morgan fingerprint density at radius 3 is 2.19 bits per heavy atom. The summed E-state index contributed by atoms with van der Waals surface area (Å²) >= 11 is 0. The molecule has 9 rings (SSSR count). The summed E-state index contributed by atoms with van der Waals surface area (Å²) in [5, 5.41) is 1.60. The average Bonchev–Trinajstić information content (AvgIpc) is 3.98. The highest BCUT2D eigenvalue weighted by molar-refractivity contribution is 6.90. The molecule has 11 nitrogen and oxygen atoms in total. The maximum absolute atomic E-state index is 18.1. The number of carbonyl (C=O) groups is 1. The van der Waals surface area contributed by atoms with Gasteiger partial charge in [0, 0.05) is 67.1 Å². The second-order valence-corrected chi connectivity index (χ2v) is 27.9. The van der Waals surface area contributed by atoms with Gasteiger partial charge >= 0.3 is 12.1 Å². The van der Waals surface area contributed by atoms with E-state index in [1.165, 1.54) is 13.2 Å². The van der Waals surface area contributed by atoms with E-state index in [-0.39, 0.29) is 58.5 Å². The molecular weight excluding hydrogens is 881 g/mol. The summed E-state index contributed by atoms with van der Waals surface area (Å²) in [6.07, 6.45) is 6.47. The fourth-order valence-electron chi connectivity index (χ4n) is 12.0. The van der Waals surface area contributed by atoms with E-state index in [2.05, 4.69) is 57.9 Å². The van der Waals surface area contributed by atoms with Crippen molar-refractivity contribution in [3.8, 4) is 34.4 Å². The van der Waals surface area contributed by atoms with Gasteiger partial charge in [-0.25, -0.2) is 13.6 Å². The lowest BCUT2D eigenvalue weighted by Gasteiger charge is -2.48. The lowest BCUT2D eigenvalue weighted by molar-refractivity contribution is -0.173. The third-order valence-corrected chi connectivity index (χ3v) is 22.1. The molecule has 1 amide bonds. The number of methoxy groups -OCH3 is 1. The molecule has 14 heteroatoms. The number of hydrogen-bond donors (Lipinski definition) is 0. The molecule has 5 heterocycles. The molecule has 1 aliphatic carbocycles. The fourth-order valence-corrected chi connectivity index (χ4v) is 17.3. The van der Waals surface area contributed by atoms with Crippen molar-refractivity contribution in [1.29, 1.82) is 0 Å². The van der Waals surface area contributed by atoms with Gasteiger partial charge in [-0.2, -0.15) is 9.97 Å². The van der Waals surface area contributed by atoms with Gasteiger partial charge in [0.2, 0.25) is 0 Å². The van der Waals surface area contributed by atoms with E-state index in [1.54, 1.807) is 6.07 Å². The van der Waals surface area contributed by atoms with Crippen LogP contribution >= 0.6 is 0 Å². The van der Waals surface area contributed by atoms with Crippen LogP contribution in [-0.4, -0.2) is 117 Å². The minimum atomic E-state index is -2.19. The van der Waals surface area contributed by atoms with Crippen LogP contribution in [0.15, 0.2) is 36.4 Å². The van der Waals surface area contributed by atoms with Crippen molar-refractivity contribution >= 4 is 41.7 Å². The lowest BCUT2D eigenvalue weighted by Crippen LogP contribution is -2.57. The summed E-state index contributed by atoms with van der Waals surface area (Å²) in [7, 11) is -0.662. The van der Waals surface area contributed by atoms with Gasteiger partial charge in [0.25, 0.3) is 0 Å². The van der Waals surface area contributed by atoms with E-state index in [0.717, 1.165) is 76.6 Å². The van der Waals surface area contributed by atoms with Gasteiger partial charge in [-0.05, 0) is 112 Å². The highest BCUT2D eigenvalue weighted by Crippen LogP contribution is 2.49. The summed E-state index contributed by atoms with van der Waals surface area (Å²) in [6.45, 7) is 24.1. The first kappa shape index (κ1) is 48.5. The fraction of sp³-hybridized carbons (Fsp3) is 0.611. The highest BCUT2D eigenvalue weighted by atomic mass is 28.3. The Morgan fingerprint density at radius 2 is 1.60 bits per heavy atom. The van der Waals surface area contributed by atoms with Crippen LogP contribution < -0.4 is 14.4 Å². The summed E-state index contributed by atoms with van der Waals surface area (Å²) < 4.78 is 65.2. The standard InChI is InChI=1S/C54H71F2N5O6Si/c1-34(2)68(35(3)4,36(5)6)25-16-37-12-11-13-38-26-41(65-33-63-10)27-42(45(37)38)46-44(55)28-43-48(47(46)56)57-50(64-32-53(17-18-53)31-59-22-19-54(20-23-59)21-24-66-54)58-49(43)60-29-39-14-15-40(30-60)61(39)51(62)67-52(7,8)9/h11-13,26-28,34-36,39-40H,14-15,17-24,29-33H2,1-10H3. The van der Waals surface area contributed by atoms with Crippen LogP contribution in [0.1, 0.15) is 113 Å². The van der Waals surface area contributed by atoms with Crippen molar-refractivity contribution in [3.05, 3.63) is 53.6 Å². The van der Waals surface area contributed by atoms with Crippen molar-refractivity contribution < 1.29 is 37.3 Å². The zero-order valence-corrected chi connectivity index (χ0v) is 42.9. The number of aromatic nitrogens is 2. The molecule has 366 valence electrons. The average molecular weight is 952 g/mol. The number of amides is 1. The second-order valence-electron chi connectivity index (χ2n) is 22.4. The Kier molecular flexibility index (Phi) is 13.3. The number of ether oxygens (including phenoxy) is 5. The summed E-state index contributed by atoms with van der Waals surface area (Å²) in [5.74, 6) is 2.79. The van der Waals surface area contributed by atoms with Crippen LogP contribution in [0.2, 0.25) is 16.6 Å². The summed E-state index contributed by atoms with van der Waals surface area (Å²) in [6, 6.07) is 10.4. The van der Waals surface area contributed by atoms with Crippen molar-refractivity contribution in [2.75, 3.05) is 64.7 Å². The van der Waals surface area contributed by atoms with E-state index in [0.29, 0.717) is 64.4 Å². The number of hydrogen-bond acceptors (Lipinski definition) is 10. The molecule has 68 heavy (non-hydrogen) atoms. The van der Waals surface area contributed by atoms with Crippen molar-refractivity contribution in [2.24, 2.45) is 5.41 Å². The molecule has 5 aliphatic rings. The first-order valence-corrected chi connectivity index (χ1v) is 27.3. The van der Waals surface area contributed by atoms with E-state index >= 15 is 8.78 Å². The molecule has 1 spiro atoms. The Morgan fingerprint density at radius 1 is 0.926 bits per heavy atom. The molecule has 3 aromatic carbocycles. The molecule has 5 fully saturated rings. The van der Waals surface area contributed by atoms with Crippen molar-refractivity contribution in [3.63, 3.8) is 0 Å². The number of piperidine rings is 1. The number of anilines is 1. The zero-order valence-electron chi connectivity index (χ0n) is 41.9. The number of piperazine rings is 1. The van der Waals surface area contributed by atoms with Crippen molar-refractivity contribution in [2.45, 2.75) is 147 Å². The first-order valence-electron chi connectivity index (χ1n) is 25.0. The Hall–Kier alpha value is -4.55. The largest absolute Gasteiger partial charge is 0.468 e. The number of likely N-dealkylation sites (tertiary alicyclic amines) is 1. The van der Waals surface area contributed by atoms with E-state index in [9.17, 15) is 4.79 Å².